The van der Waals surface area contributed by atoms with Crippen molar-refractivity contribution in [2.45, 2.75) is 12.5 Å². The summed E-state index contributed by atoms with van der Waals surface area (Å²) in [6.07, 6.45) is 5.93. The molecule has 2 aromatic heterocycles. The molecule has 2 rings (SSSR count). The molecule has 0 radical (unpaired) electrons. The van der Waals surface area contributed by atoms with E-state index >= 15 is 0 Å². The van der Waals surface area contributed by atoms with Crippen LogP contribution < -0.4 is 5.73 Å². The lowest BCUT2D eigenvalue weighted by Gasteiger charge is -2.04. The zero-order valence-electron chi connectivity index (χ0n) is 7.88. The molecule has 0 saturated heterocycles. The average Bonchev–Trinajstić information content (AvgIpc) is 2.75. The van der Waals surface area contributed by atoms with Crippen molar-refractivity contribution in [3.05, 3.63) is 30.1 Å². The van der Waals surface area contributed by atoms with E-state index < -0.39 is 0 Å². The maximum absolute atomic E-state index is 5.91. The van der Waals surface area contributed by atoms with E-state index in [1.165, 1.54) is 0 Å². The van der Waals surface area contributed by atoms with Gasteiger partial charge in [0, 0.05) is 32.1 Å². The first kappa shape index (κ1) is 8.89. The summed E-state index contributed by atoms with van der Waals surface area (Å²) in [6.45, 7) is 0. The van der Waals surface area contributed by atoms with Crippen LogP contribution in [-0.4, -0.2) is 25.0 Å². The van der Waals surface area contributed by atoms with Crippen LogP contribution >= 0.6 is 0 Å². The fourth-order valence-electron chi connectivity index (χ4n) is 1.29. The Bertz CT molecular complexity index is 390. The first-order valence-corrected chi connectivity index (χ1v) is 4.36. The third-order valence-electron chi connectivity index (χ3n) is 1.95. The largest absolute Gasteiger partial charge is 0.347 e. The lowest BCUT2D eigenvalue weighted by molar-refractivity contribution is 0.662. The zero-order chi connectivity index (χ0) is 9.97. The standard InChI is InChI=1S/C8H12N6/c1-14-5-6(12-13-14)4-7(9)8-10-2-3-11-8/h2-3,5,7H,4,9H2,1H3,(H,10,11). The molecular weight excluding hydrogens is 180 g/mol. The first-order chi connectivity index (χ1) is 6.75. The smallest absolute Gasteiger partial charge is 0.123 e. The molecule has 3 N–H and O–H groups in total. The van der Waals surface area contributed by atoms with Crippen molar-refractivity contribution in [3.63, 3.8) is 0 Å². The summed E-state index contributed by atoms with van der Waals surface area (Å²) in [5, 5.41) is 7.79. The van der Waals surface area contributed by atoms with Crippen molar-refractivity contribution in [1.29, 1.82) is 0 Å². The van der Waals surface area contributed by atoms with Gasteiger partial charge in [-0.1, -0.05) is 5.21 Å². The van der Waals surface area contributed by atoms with Gasteiger partial charge in [0.25, 0.3) is 0 Å². The number of aromatic amines is 1. The van der Waals surface area contributed by atoms with Gasteiger partial charge in [-0.25, -0.2) is 4.98 Å². The Morgan fingerprint density at radius 1 is 1.64 bits per heavy atom. The van der Waals surface area contributed by atoms with Crippen LogP contribution in [-0.2, 0) is 13.5 Å². The van der Waals surface area contributed by atoms with Crippen LogP contribution in [0.1, 0.15) is 17.6 Å². The molecule has 0 aliphatic rings. The Morgan fingerprint density at radius 2 is 2.50 bits per heavy atom. The number of imidazole rings is 1. The van der Waals surface area contributed by atoms with Gasteiger partial charge >= 0.3 is 0 Å². The molecule has 0 aromatic carbocycles. The number of aryl methyl sites for hydroxylation is 1. The fraction of sp³-hybridized carbons (Fsp3) is 0.375. The van der Waals surface area contributed by atoms with Crippen LogP contribution in [0, 0.1) is 0 Å². The van der Waals surface area contributed by atoms with E-state index in [4.69, 9.17) is 5.73 Å². The summed E-state index contributed by atoms with van der Waals surface area (Å²) in [6, 6.07) is -0.151. The Kier molecular flexibility index (Phi) is 2.28. The van der Waals surface area contributed by atoms with E-state index in [0.29, 0.717) is 6.42 Å². The predicted octanol–water partition coefficient (Wildman–Crippen LogP) is -0.219. The summed E-state index contributed by atoms with van der Waals surface area (Å²) >= 11 is 0. The van der Waals surface area contributed by atoms with Crippen molar-refractivity contribution in [2.75, 3.05) is 0 Å². The monoisotopic (exact) mass is 192 g/mol. The number of rotatable bonds is 3. The minimum absolute atomic E-state index is 0.151. The van der Waals surface area contributed by atoms with Gasteiger partial charge in [0.05, 0.1) is 11.7 Å². The Balaban J connectivity index is 2.05. The molecule has 1 unspecified atom stereocenters. The maximum atomic E-state index is 5.91. The van der Waals surface area contributed by atoms with E-state index in [1.54, 1.807) is 17.1 Å². The van der Waals surface area contributed by atoms with Crippen molar-refractivity contribution in [2.24, 2.45) is 12.8 Å². The Labute approximate surface area is 81.1 Å². The quantitative estimate of drug-likeness (QED) is 0.704. The minimum atomic E-state index is -0.151. The molecule has 0 amide bonds. The normalized spacial score (nSPS) is 13.0. The number of nitrogens with one attached hydrogen (secondary N) is 1. The number of nitrogens with two attached hydrogens (primary N) is 1. The molecule has 0 aliphatic carbocycles. The zero-order valence-corrected chi connectivity index (χ0v) is 7.88. The lowest BCUT2D eigenvalue weighted by Crippen LogP contribution is -2.15. The predicted molar refractivity (Wildman–Crippen MR) is 50.2 cm³/mol. The third kappa shape index (κ3) is 1.80. The lowest BCUT2D eigenvalue weighted by atomic mass is 10.2. The Morgan fingerprint density at radius 3 is 3.07 bits per heavy atom. The van der Waals surface area contributed by atoms with Gasteiger partial charge in [-0.15, -0.1) is 5.10 Å². The average molecular weight is 192 g/mol. The van der Waals surface area contributed by atoms with Gasteiger partial charge in [-0.05, 0) is 0 Å². The van der Waals surface area contributed by atoms with E-state index in [2.05, 4.69) is 20.3 Å². The third-order valence-corrected chi connectivity index (χ3v) is 1.95. The Hall–Kier alpha value is -1.69. The van der Waals surface area contributed by atoms with E-state index in [1.807, 2.05) is 13.2 Å². The van der Waals surface area contributed by atoms with Crippen molar-refractivity contribution in [1.82, 2.24) is 25.0 Å². The topological polar surface area (TPSA) is 85.4 Å². The fourth-order valence-corrected chi connectivity index (χ4v) is 1.29. The van der Waals surface area contributed by atoms with Crippen LogP contribution in [0.5, 0.6) is 0 Å². The second kappa shape index (κ2) is 3.59. The van der Waals surface area contributed by atoms with Gasteiger partial charge in [0.1, 0.15) is 5.82 Å². The summed E-state index contributed by atoms with van der Waals surface area (Å²) in [7, 11) is 1.83. The van der Waals surface area contributed by atoms with Crippen molar-refractivity contribution in [3.8, 4) is 0 Å². The molecule has 6 nitrogen and oxygen atoms in total. The van der Waals surface area contributed by atoms with Crippen LogP contribution in [0.3, 0.4) is 0 Å². The molecule has 2 aromatic rings. The first-order valence-electron chi connectivity index (χ1n) is 4.36. The molecule has 0 spiro atoms. The molecule has 1 atom stereocenters. The molecule has 0 bridgehead atoms. The van der Waals surface area contributed by atoms with E-state index in [0.717, 1.165) is 11.5 Å². The van der Waals surface area contributed by atoms with Crippen LogP contribution in [0.2, 0.25) is 0 Å². The molecule has 6 heteroatoms. The van der Waals surface area contributed by atoms with Crippen molar-refractivity contribution < 1.29 is 0 Å². The summed E-state index contributed by atoms with van der Waals surface area (Å²) < 4.78 is 1.66. The summed E-state index contributed by atoms with van der Waals surface area (Å²) in [5.74, 6) is 0.774. The van der Waals surface area contributed by atoms with E-state index in [9.17, 15) is 0 Å². The maximum Gasteiger partial charge on any atom is 0.123 e. The SMILES string of the molecule is Cn1cc(CC(N)c2ncc[nH]2)nn1. The second-order valence-corrected chi connectivity index (χ2v) is 3.17. The molecule has 0 fully saturated rings. The summed E-state index contributed by atoms with van der Waals surface area (Å²) in [4.78, 5) is 7.06. The molecular formula is C8H12N6. The highest BCUT2D eigenvalue weighted by Gasteiger charge is 2.10. The van der Waals surface area contributed by atoms with Gasteiger partial charge < -0.3 is 10.7 Å². The van der Waals surface area contributed by atoms with Crippen molar-refractivity contribution >= 4 is 0 Å². The van der Waals surface area contributed by atoms with Crippen LogP contribution in [0.4, 0.5) is 0 Å². The highest BCUT2D eigenvalue weighted by Crippen LogP contribution is 2.09. The van der Waals surface area contributed by atoms with Gasteiger partial charge in [-0.2, -0.15) is 0 Å². The van der Waals surface area contributed by atoms with Gasteiger partial charge in [0.2, 0.25) is 0 Å². The highest BCUT2D eigenvalue weighted by atomic mass is 15.4. The van der Waals surface area contributed by atoms with Crippen LogP contribution in [0.15, 0.2) is 18.6 Å². The highest BCUT2D eigenvalue weighted by molar-refractivity contribution is 5.02. The van der Waals surface area contributed by atoms with E-state index in [-0.39, 0.29) is 6.04 Å². The van der Waals surface area contributed by atoms with Crippen LogP contribution in [0.25, 0.3) is 0 Å². The molecule has 0 saturated carbocycles. The number of hydrogen-bond acceptors (Lipinski definition) is 4. The van der Waals surface area contributed by atoms with Gasteiger partial charge in [0.15, 0.2) is 0 Å². The molecule has 74 valence electrons. The van der Waals surface area contributed by atoms with Gasteiger partial charge in [-0.3, -0.25) is 4.68 Å². The molecule has 14 heavy (non-hydrogen) atoms. The number of nitrogens with zero attached hydrogens (tertiary/aromatic N) is 4. The number of aromatic nitrogens is 5. The second-order valence-electron chi connectivity index (χ2n) is 3.17. The molecule has 2 heterocycles. The minimum Gasteiger partial charge on any atom is -0.347 e. The molecule has 0 aliphatic heterocycles. The number of hydrogen-bond donors (Lipinski definition) is 2. The summed E-state index contributed by atoms with van der Waals surface area (Å²) in [5.41, 5.74) is 6.78. The number of H-pyrrole nitrogens is 1.